The van der Waals surface area contributed by atoms with Gasteiger partial charge in [0.15, 0.2) is 0 Å². The number of fused-ring (bicyclic) bond motifs is 1. The molecule has 1 unspecified atom stereocenters. The lowest BCUT2D eigenvalue weighted by Crippen LogP contribution is -2.39. The van der Waals surface area contributed by atoms with Gasteiger partial charge in [-0.15, -0.1) is 0 Å². The second-order valence-electron chi connectivity index (χ2n) is 7.21. The van der Waals surface area contributed by atoms with Crippen LogP contribution in [0.2, 0.25) is 0 Å². The maximum absolute atomic E-state index is 12.7. The van der Waals surface area contributed by atoms with Crippen molar-refractivity contribution in [1.82, 2.24) is 20.5 Å². The highest BCUT2D eigenvalue weighted by molar-refractivity contribution is 5.94. The number of aromatic amines is 1. The molecule has 7 nitrogen and oxygen atoms in total. The van der Waals surface area contributed by atoms with Crippen molar-refractivity contribution in [2.45, 2.75) is 12.5 Å². The van der Waals surface area contributed by atoms with Gasteiger partial charge in [-0.2, -0.15) is 0 Å². The van der Waals surface area contributed by atoms with Gasteiger partial charge in [0.1, 0.15) is 0 Å². The molecule has 0 spiro atoms. The van der Waals surface area contributed by atoms with E-state index in [2.05, 4.69) is 27.5 Å². The zero-order valence-corrected chi connectivity index (χ0v) is 17.6. The smallest absolute Gasteiger partial charge is 0.317 e. The van der Waals surface area contributed by atoms with Gasteiger partial charge in [-0.3, -0.25) is 4.79 Å². The molecular formula is C24H26N4O3. The van der Waals surface area contributed by atoms with Gasteiger partial charge in [-0.05, 0) is 36.2 Å². The number of urea groups is 1. The normalized spacial score (nSPS) is 11.3. The molecule has 1 atom stereocenters. The summed E-state index contributed by atoms with van der Waals surface area (Å²) in [7, 11) is 3.21. The van der Waals surface area contributed by atoms with Gasteiger partial charge in [-0.25, -0.2) is 4.79 Å². The number of carbonyl (C=O) groups is 2. The van der Waals surface area contributed by atoms with E-state index in [4.69, 9.17) is 0 Å². The lowest BCUT2D eigenvalue weighted by atomic mass is 10.0. The maximum Gasteiger partial charge on any atom is 0.317 e. The molecule has 0 saturated heterocycles. The molecule has 0 aliphatic heterocycles. The second-order valence-corrected chi connectivity index (χ2v) is 7.21. The molecule has 3 rings (SSSR count). The van der Waals surface area contributed by atoms with E-state index in [0.717, 1.165) is 16.5 Å². The van der Waals surface area contributed by atoms with Crippen molar-refractivity contribution in [2.75, 3.05) is 27.2 Å². The number of nitrogens with one attached hydrogen (secondary N) is 3. The average molecular weight is 418 g/mol. The lowest BCUT2D eigenvalue weighted by Gasteiger charge is -2.16. The van der Waals surface area contributed by atoms with Gasteiger partial charge in [0.25, 0.3) is 5.91 Å². The van der Waals surface area contributed by atoms with E-state index in [9.17, 15) is 14.7 Å². The minimum Gasteiger partial charge on any atom is -0.394 e. The van der Waals surface area contributed by atoms with Gasteiger partial charge in [0, 0.05) is 42.3 Å². The van der Waals surface area contributed by atoms with Gasteiger partial charge in [-0.1, -0.05) is 36.1 Å². The maximum atomic E-state index is 12.7. The minimum atomic E-state index is -0.414. The van der Waals surface area contributed by atoms with E-state index in [1.807, 2.05) is 30.5 Å². The van der Waals surface area contributed by atoms with E-state index in [0.29, 0.717) is 17.5 Å². The van der Waals surface area contributed by atoms with Crippen LogP contribution in [0.3, 0.4) is 0 Å². The fraction of sp³-hybridized carbons (Fsp3) is 0.250. The fourth-order valence-corrected chi connectivity index (χ4v) is 3.26. The number of hydrogen-bond acceptors (Lipinski definition) is 3. The number of carbonyl (C=O) groups excluding carboxylic acids is 2. The predicted octanol–water partition coefficient (Wildman–Crippen LogP) is 2.12. The molecule has 1 heterocycles. The molecular weight excluding hydrogens is 392 g/mol. The third-order valence-corrected chi connectivity index (χ3v) is 4.93. The summed E-state index contributed by atoms with van der Waals surface area (Å²) in [5.41, 5.74) is 3.20. The summed E-state index contributed by atoms with van der Waals surface area (Å²) in [4.78, 5) is 28.9. The molecule has 3 aromatic rings. The first-order chi connectivity index (χ1) is 15.0. The molecule has 3 amide bonds. The Hall–Kier alpha value is -3.76. The molecule has 2 aromatic carbocycles. The first-order valence-corrected chi connectivity index (χ1v) is 10.00. The molecule has 4 N–H and O–H groups in total. The Morgan fingerprint density at radius 3 is 2.77 bits per heavy atom. The highest BCUT2D eigenvalue weighted by Crippen LogP contribution is 2.19. The van der Waals surface area contributed by atoms with Crippen molar-refractivity contribution >= 4 is 22.8 Å². The monoisotopic (exact) mass is 418 g/mol. The van der Waals surface area contributed by atoms with Crippen LogP contribution in [0.25, 0.3) is 10.9 Å². The molecule has 0 fully saturated rings. The van der Waals surface area contributed by atoms with Gasteiger partial charge in [0.2, 0.25) is 0 Å². The summed E-state index contributed by atoms with van der Waals surface area (Å²) in [5, 5.41) is 16.3. The van der Waals surface area contributed by atoms with Crippen molar-refractivity contribution in [1.29, 1.82) is 0 Å². The summed E-state index contributed by atoms with van der Waals surface area (Å²) < 4.78 is 0. The summed E-state index contributed by atoms with van der Waals surface area (Å²) in [6.07, 6.45) is 2.42. The Labute approximate surface area is 181 Å². The largest absolute Gasteiger partial charge is 0.394 e. The quantitative estimate of drug-likeness (QED) is 0.462. The van der Waals surface area contributed by atoms with E-state index in [1.54, 1.807) is 38.4 Å². The number of hydrogen-bond donors (Lipinski definition) is 4. The Bertz CT molecular complexity index is 1130. The standard InChI is InChI=1S/C24H26N4O3/c1-25-24(31)28(2)12-6-8-17-7-5-9-18(13-17)23(30)27-20(16-29)14-19-15-26-22-11-4-3-10-21(19)22/h3-5,7,9-11,13,15,20,26,29H,12,14,16H2,1-2H3,(H,25,31)(H,27,30). The minimum absolute atomic E-state index is 0.170. The molecule has 160 valence electrons. The lowest BCUT2D eigenvalue weighted by molar-refractivity contribution is 0.0916. The van der Waals surface area contributed by atoms with Crippen molar-refractivity contribution in [3.8, 4) is 11.8 Å². The van der Waals surface area contributed by atoms with E-state index in [-0.39, 0.29) is 25.1 Å². The molecule has 0 saturated carbocycles. The first kappa shape index (κ1) is 21.9. The topological polar surface area (TPSA) is 97.5 Å². The van der Waals surface area contributed by atoms with Crippen molar-refractivity contribution < 1.29 is 14.7 Å². The van der Waals surface area contributed by atoms with Crippen LogP contribution in [0.4, 0.5) is 4.79 Å². The molecule has 1 aromatic heterocycles. The van der Waals surface area contributed by atoms with Crippen LogP contribution in [0.15, 0.2) is 54.7 Å². The van der Waals surface area contributed by atoms with Gasteiger partial charge in [0.05, 0.1) is 19.2 Å². The number of para-hydroxylation sites is 1. The van der Waals surface area contributed by atoms with Crippen LogP contribution >= 0.6 is 0 Å². The molecule has 0 bridgehead atoms. The zero-order chi connectivity index (χ0) is 22.2. The average Bonchev–Trinajstić information content (AvgIpc) is 3.20. The Morgan fingerprint density at radius 1 is 1.19 bits per heavy atom. The highest BCUT2D eigenvalue weighted by Gasteiger charge is 2.16. The number of nitrogens with zero attached hydrogens (tertiary/aromatic N) is 1. The van der Waals surface area contributed by atoms with Crippen LogP contribution < -0.4 is 10.6 Å². The van der Waals surface area contributed by atoms with Crippen LogP contribution in [0.1, 0.15) is 21.5 Å². The van der Waals surface area contributed by atoms with E-state index < -0.39 is 6.04 Å². The summed E-state index contributed by atoms with van der Waals surface area (Å²) in [6, 6.07) is 14.3. The molecule has 7 heteroatoms. The van der Waals surface area contributed by atoms with Crippen molar-refractivity contribution in [3.63, 3.8) is 0 Å². The van der Waals surface area contributed by atoms with E-state index in [1.165, 1.54) is 4.90 Å². The van der Waals surface area contributed by atoms with Crippen molar-refractivity contribution in [3.05, 3.63) is 71.4 Å². The summed E-state index contributed by atoms with van der Waals surface area (Å²) in [5.74, 6) is 5.62. The predicted molar refractivity (Wildman–Crippen MR) is 121 cm³/mol. The molecule has 0 aliphatic carbocycles. The zero-order valence-electron chi connectivity index (χ0n) is 17.6. The Morgan fingerprint density at radius 2 is 2.00 bits per heavy atom. The van der Waals surface area contributed by atoms with Crippen LogP contribution in [0, 0.1) is 11.8 Å². The number of amides is 3. The molecule has 0 radical (unpaired) electrons. The second kappa shape index (κ2) is 10.3. The van der Waals surface area contributed by atoms with E-state index >= 15 is 0 Å². The Balaban J connectivity index is 1.65. The van der Waals surface area contributed by atoms with Crippen LogP contribution in [-0.4, -0.2) is 60.2 Å². The summed E-state index contributed by atoms with van der Waals surface area (Å²) >= 11 is 0. The number of rotatable bonds is 6. The molecule has 31 heavy (non-hydrogen) atoms. The van der Waals surface area contributed by atoms with Crippen LogP contribution in [0.5, 0.6) is 0 Å². The number of benzene rings is 2. The first-order valence-electron chi connectivity index (χ1n) is 10.00. The number of aromatic nitrogens is 1. The van der Waals surface area contributed by atoms with Gasteiger partial charge < -0.3 is 25.6 Å². The number of H-pyrrole nitrogens is 1. The third kappa shape index (κ3) is 5.65. The SMILES string of the molecule is CNC(=O)N(C)CC#Cc1cccc(C(=O)NC(CO)Cc2c[nH]c3ccccc23)c1. The van der Waals surface area contributed by atoms with Crippen molar-refractivity contribution in [2.24, 2.45) is 0 Å². The fourth-order valence-electron chi connectivity index (χ4n) is 3.26. The van der Waals surface area contributed by atoms with Gasteiger partial charge >= 0.3 is 6.03 Å². The number of aliphatic hydroxyl groups is 1. The van der Waals surface area contributed by atoms with Crippen LogP contribution in [-0.2, 0) is 6.42 Å². The third-order valence-electron chi connectivity index (χ3n) is 4.93. The Kier molecular flexibility index (Phi) is 7.31. The highest BCUT2D eigenvalue weighted by atomic mass is 16.3. The molecule has 0 aliphatic rings. The number of aliphatic hydroxyl groups excluding tert-OH is 1. The summed E-state index contributed by atoms with van der Waals surface area (Å²) in [6.45, 7) is 0.101.